The van der Waals surface area contributed by atoms with E-state index in [1.165, 1.54) is 15.8 Å². The molecule has 4 rings (SSSR count). The number of hydrogen-bond acceptors (Lipinski definition) is 4. The van der Waals surface area contributed by atoms with Gasteiger partial charge in [0.15, 0.2) is 5.13 Å². The van der Waals surface area contributed by atoms with E-state index in [1.54, 1.807) is 18.4 Å². The first kappa shape index (κ1) is 12.7. The smallest absolute Gasteiger partial charge is 0.186 e. The molecule has 0 saturated heterocycles. The van der Waals surface area contributed by atoms with Crippen molar-refractivity contribution in [2.45, 2.75) is 13.0 Å². The molecule has 0 amide bonds. The number of aromatic nitrogens is 1. The minimum Gasteiger partial charge on any atom is -0.497 e. The molecule has 0 aliphatic carbocycles. The molecule has 106 valence electrons. The molecule has 2 aromatic carbocycles. The van der Waals surface area contributed by atoms with Crippen molar-refractivity contribution >= 4 is 26.7 Å². The van der Waals surface area contributed by atoms with Crippen LogP contribution in [0.2, 0.25) is 0 Å². The second-order valence-corrected chi connectivity index (χ2v) is 6.28. The van der Waals surface area contributed by atoms with Gasteiger partial charge >= 0.3 is 0 Å². The van der Waals surface area contributed by atoms with Crippen LogP contribution in [-0.2, 0) is 13.0 Å². The Kier molecular flexibility index (Phi) is 3.04. The Balaban J connectivity index is 1.67. The Bertz CT molecular complexity index is 763. The highest BCUT2D eigenvalue weighted by Gasteiger charge is 2.19. The highest BCUT2D eigenvalue weighted by Crippen LogP contribution is 2.32. The molecule has 0 N–H and O–H groups in total. The van der Waals surface area contributed by atoms with Crippen molar-refractivity contribution in [1.29, 1.82) is 0 Å². The lowest BCUT2D eigenvalue weighted by atomic mass is 10.00. The summed E-state index contributed by atoms with van der Waals surface area (Å²) in [6, 6.07) is 14.7. The molecule has 4 heteroatoms. The number of methoxy groups -OCH3 is 1. The van der Waals surface area contributed by atoms with Crippen LogP contribution in [0.15, 0.2) is 42.5 Å². The van der Waals surface area contributed by atoms with Crippen LogP contribution in [0.3, 0.4) is 0 Å². The predicted molar refractivity (Wildman–Crippen MR) is 87.4 cm³/mol. The summed E-state index contributed by atoms with van der Waals surface area (Å²) in [5.41, 5.74) is 3.86. The van der Waals surface area contributed by atoms with Crippen molar-refractivity contribution in [1.82, 2.24) is 4.98 Å². The molecular formula is C17H16N2OS. The Morgan fingerprint density at radius 2 is 2.05 bits per heavy atom. The molecule has 1 aliphatic heterocycles. The van der Waals surface area contributed by atoms with E-state index in [-0.39, 0.29) is 0 Å². The minimum absolute atomic E-state index is 0.909. The lowest BCUT2D eigenvalue weighted by molar-refractivity contribution is 0.413. The first-order valence-corrected chi connectivity index (χ1v) is 7.91. The molecule has 21 heavy (non-hydrogen) atoms. The topological polar surface area (TPSA) is 25.4 Å². The van der Waals surface area contributed by atoms with Crippen molar-refractivity contribution < 1.29 is 4.74 Å². The zero-order chi connectivity index (χ0) is 14.2. The molecule has 2 heterocycles. The van der Waals surface area contributed by atoms with Crippen molar-refractivity contribution in [3.05, 3.63) is 53.6 Å². The molecule has 3 nitrogen and oxygen atoms in total. The van der Waals surface area contributed by atoms with E-state index in [1.807, 2.05) is 12.1 Å². The highest BCUT2D eigenvalue weighted by molar-refractivity contribution is 7.22. The molecule has 0 bridgehead atoms. The Hall–Kier alpha value is -2.07. The van der Waals surface area contributed by atoms with Crippen molar-refractivity contribution in [3.63, 3.8) is 0 Å². The summed E-state index contributed by atoms with van der Waals surface area (Å²) >= 11 is 1.77. The summed E-state index contributed by atoms with van der Waals surface area (Å²) in [6.07, 6.45) is 1.06. The van der Waals surface area contributed by atoms with Gasteiger partial charge in [-0.1, -0.05) is 29.5 Å². The summed E-state index contributed by atoms with van der Waals surface area (Å²) in [7, 11) is 1.72. The normalized spacial score (nSPS) is 14.2. The van der Waals surface area contributed by atoms with Gasteiger partial charge in [-0.3, -0.25) is 0 Å². The van der Waals surface area contributed by atoms with Crippen LogP contribution >= 0.6 is 11.3 Å². The summed E-state index contributed by atoms with van der Waals surface area (Å²) < 4.78 is 6.59. The standard InChI is InChI=1S/C17H16N2OS/c1-20-14-7-6-12-8-9-19(11-13(12)10-14)17-18-15-4-2-3-5-16(15)21-17/h2-7,10H,8-9,11H2,1H3. The van der Waals surface area contributed by atoms with E-state index >= 15 is 0 Å². The fraction of sp³-hybridized carbons (Fsp3) is 0.235. The van der Waals surface area contributed by atoms with E-state index in [0.717, 1.165) is 35.9 Å². The van der Waals surface area contributed by atoms with Crippen LogP contribution in [-0.4, -0.2) is 18.6 Å². The molecule has 0 fully saturated rings. The Labute approximate surface area is 127 Å². The molecule has 0 unspecified atom stereocenters. The molecule has 0 atom stereocenters. The zero-order valence-corrected chi connectivity index (χ0v) is 12.7. The summed E-state index contributed by atoms with van der Waals surface area (Å²) in [5, 5.41) is 1.12. The van der Waals surface area contributed by atoms with Crippen molar-refractivity contribution in [2.75, 3.05) is 18.6 Å². The van der Waals surface area contributed by atoms with E-state index < -0.39 is 0 Å². The largest absolute Gasteiger partial charge is 0.497 e. The van der Waals surface area contributed by atoms with Gasteiger partial charge in [0, 0.05) is 13.1 Å². The highest BCUT2D eigenvalue weighted by atomic mass is 32.1. The number of anilines is 1. The first-order chi connectivity index (χ1) is 10.3. The SMILES string of the molecule is COc1ccc2c(c1)CN(c1nc3ccccc3s1)CC2. The average molecular weight is 296 g/mol. The average Bonchev–Trinajstić information content (AvgIpc) is 2.97. The first-order valence-electron chi connectivity index (χ1n) is 7.10. The Morgan fingerprint density at radius 1 is 1.14 bits per heavy atom. The van der Waals surface area contributed by atoms with Crippen LogP contribution in [0.5, 0.6) is 5.75 Å². The van der Waals surface area contributed by atoms with Crippen LogP contribution in [0.1, 0.15) is 11.1 Å². The van der Waals surface area contributed by atoms with Gasteiger partial charge in [-0.05, 0) is 41.8 Å². The van der Waals surface area contributed by atoms with Crippen LogP contribution in [0.25, 0.3) is 10.2 Å². The van der Waals surface area contributed by atoms with Gasteiger partial charge < -0.3 is 9.64 Å². The van der Waals surface area contributed by atoms with E-state index in [4.69, 9.17) is 9.72 Å². The molecule has 0 spiro atoms. The van der Waals surface area contributed by atoms with Gasteiger partial charge in [0.25, 0.3) is 0 Å². The van der Waals surface area contributed by atoms with Crippen molar-refractivity contribution in [2.24, 2.45) is 0 Å². The van der Waals surface area contributed by atoms with Gasteiger partial charge in [-0.25, -0.2) is 4.98 Å². The third kappa shape index (κ3) is 2.25. The number of rotatable bonds is 2. The maximum absolute atomic E-state index is 5.34. The fourth-order valence-corrected chi connectivity index (χ4v) is 3.81. The molecule has 1 aliphatic rings. The lowest BCUT2D eigenvalue weighted by Crippen LogP contribution is -2.30. The van der Waals surface area contributed by atoms with E-state index in [9.17, 15) is 0 Å². The van der Waals surface area contributed by atoms with Gasteiger partial charge in [0.2, 0.25) is 0 Å². The fourth-order valence-electron chi connectivity index (χ4n) is 2.82. The van der Waals surface area contributed by atoms with Crippen molar-refractivity contribution in [3.8, 4) is 5.75 Å². The maximum atomic E-state index is 5.34. The lowest BCUT2D eigenvalue weighted by Gasteiger charge is -2.28. The number of benzene rings is 2. The summed E-state index contributed by atoms with van der Waals surface area (Å²) in [6.45, 7) is 1.94. The molecule has 3 aromatic rings. The number of fused-ring (bicyclic) bond motifs is 2. The monoisotopic (exact) mass is 296 g/mol. The van der Waals surface area contributed by atoms with Gasteiger partial charge in [-0.15, -0.1) is 0 Å². The minimum atomic E-state index is 0.909. The molecule has 0 radical (unpaired) electrons. The van der Waals surface area contributed by atoms with Gasteiger partial charge in [0.05, 0.1) is 17.3 Å². The van der Waals surface area contributed by atoms with E-state index in [2.05, 4.69) is 35.2 Å². The van der Waals surface area contributed by atoms with Gasteiger partial charge in [0.1, 0.15) is 5.75 Å². The number of hydrogen-bond donors (Lipinski definition) is 0. The zero-order valence-electron chi connectivity index (χ0n) is 11.9. The molecule has 1 aromatic heterocycles. The number of nitrogens with zero attached hydrogens (tertiary/aromatic N) is 2. The number of thiazole rings is 1. The number of para-hydroxylation sites is 1. The third-order valence-electron chi connectivity index (χ3n) is 3.98. The predicted octanol–water partition coefficient (Wildman–Crippen LogP) is 3.87. The maximum Gasteiger partial charge on any atom is 0.186 e. The second kappa shape index (κ2) is 5.04. The second-order valence-electron chi connectivity index (χ2n) is 5.27. The molecule has 0 saturated carbocycles. The van der Waals surface area contributed by atoms with Crippen LogP contribution < -0.4 is 9.64 Å². The summed E-state index contributed by atoms with van der Waals surface area (Å²) in [5.74, 6) is 0.930. The molecular weight excluding hydrogens is 280 g/mol. The van der Waals surface area contributed by atoms with Crippen LogP contribution in [0.4, 0.5) is 5.13 Å². The Morgan fingerprint density at radius 3 is 2.90 bits per heavy atom. The summed E-state index contributed by atoms with van der Waals surface area (Å²) in [4.78, 5) is 7.13. The van der Waals surface area contributed by atoms with Gasteiger partial charge in [-0.2, -0.15) is 0 Å². The van der Waals surface area contributed by atoms with Crippen LogP contribution in [0, 0.1) is 0 Å². The quantitative estimate of drug-likeness (QED) is 0.718. The third-order valence-corrected chi connectivity index (χ3v) is 5.08. The number of ether oxygens (including phenoxy) is 1. The van der Waals surface area contributed by atoms with E-state index in [0.29, 0.717) is 0 Å².